The van der Waals surface area contributed by atoms with Gasteiger partial charge in [0.05, 0.1) is 12.6 Å². The molecular weight excluding hydrogens is 128 g/mol. The molecule has 0 amide bonds. The Morgan fingerprint density at radius 1 is 1.80 bits per heavy atom. The second-order valence-electron chi connectivity index (χ2n) is 2.65. The van der Waals surface area contributed by atoms with Gasteiger partial charge in [0.25, 0.3) is 0 Å². The largest absolute Gasteiger partial charge is 0.328 e. The van der Waals surface area contributed by atoms with E-state index in [4.69, 9.17) is 5.73 Å². The van der Waals surface area contributed by atoms with Crippen LogP contribution in [0.1, 0.15) is 19.8 Å². The van der Waals surface area contributed by atoms with Crippen LogP contribution in [-0.4, -0.2) is 18.6 Å². The van der Waals surface area contributed by atoms with E-state index >= 15 is 0 Å². The lowest BCUT2D eigenvalue weighted by Crippen LogP contribution is -2.31. The van der Waals surface area contributed by atoms with E-state index in [0.29, 0.717) is 12.1 Å². The van der Waals surface area contributed by atoms with Crippen molar-refractivity contribution >= 4 is 0 Å². The average Bonchev–Trinajstić information content (AvgIpc) is 2.40. The quantitative estimate of drug-likeness (QED) is 0.601. The van der Waals surface area contributed by atoms with Gasteiger partial charge in [0, 0.05) is 6.04 Å². The van der Waals surface area contributed by atoms with Crippen LogP contribution in [0.4, 0.5) is 0 Å². The van der Waals surface area contributed by atoms with Crippen LogP contribution in [0.3, 0.4) is 0 Å². The Morgan fingerprint density at radius 2 is 2.60 bits per heavy atom. The van der Waals surface area contributed by atoms with Gasteiger partial charge < -0.3 is 5.73 Å². The van der Waals surface area contributed by atoms with Crippen molar-refractivity contribution in [3.05, 3.63) is 0 Å². The fourth-order valence-electron chi connectivity index (χ4n) is 0.962. The Morgan fingerprint density at radius 3 is 3.10 bits per heavy atom. The molecule has 0 fully saturated rings. The Hall–Kier alpha value is -0.640. The Bertz CT molecular complexity index is 115. The normalized spacial score (nSPS) is 26.4. The zero-order valence-electron chi connectivity index (χ0n) is 6.25. The Kier molecular flexibility index (Phi) is 2.62. The van der Waals surface area contributed by atoms with Crippen LogP contribution in [-0.2, 0) is 0 Å². The number of nitrogens with zero attached hydrogens (tertiary/aromatic N) is 2. The summed E-state index contributed by atoms with van der Waals surface area (Å²) in [5.74, 6) is 0. The van der Waals surface area contributed by atoms with Crippen molar-refractivity contribution in [2.24, 2.45) is 16.1 Å². The summed E-state index contributed by atoms with van der Waals surface area (Å²) in [5.41, 5.74) is 8.63. The number of nitrogens with one attached hydrogen (secondary N) is 1. The molecule has 4 heteroatoms. The summed E-state index contributed by atoms with van der Waals surface area (Å²) in [5, 5.41) is 7.48. The van der Waals surface area contributed by atoms with Crippen LogP contribution in [0.15, 0.2) is 10.3 Å². The van der Waals surface area contributed by atoms with Crippen molar-refractivity contribution in [3.8, 4) is 0 Å². The van der Waals surface area contributed by atoms with Gasteiger partial charge in [-0.15, -0.1) is 0 Å². The second kappa shape index (κ2) is 3.51. The SMILES string of the molecule is CC[C@H](N)CC1CN=NN1. The minimum absolute atomic E-state index is 0.293. The molecule has 58 valence electrons. The number of nitrogens with two attached hydrogens (primary N) is 1. The zero-order valence-corrected chi connectivity index (χ0v) is 6.25. The summed E-state index contributed by atoms with van der Waals surface area (Å²) in [4.78, 5) is 0. The maximum atomic E-state index is 5.73. The van der Waals surface area contributed by atoms with Gasteiger partial charge in [0.15, 0.2) is 0 Å². The fraction of sp³-hybridized carbons (Fsp3) is 1.00. The average molecular weight is 142 g/mol. The highest BCUT2D eigenvalue weighted by Gasteiger charge is 2.14. The maximum Gasteiger partial charge on any atom is 0.0839 e. The first-order chi connectivity index (χ1) is 4.83. The summed E-state index contributed by atoms with van der Waals surface area (Å²) in [6.07, 6.45) is 2.00. The van der Waals surface area contributed by atoms with Crippen LogP contribution in [0.2, 0.25) is 0 Å². The van der Waals surface area contributed by atoms with Crippen molar-refractivity contribution in [1.29, 1.82) is 0 Å². The lowest BCUT2D eigenvalue weighted by Gasteiger charge is -2.12. The third-order valence-corrected chi connectivity index (χ3v) is 1.72. The minimum Gasteiger partial charge on any atom is -0.328 e. The van der Waals surface area contributed by atoms with Crippen molar-refractivity contribution in [1.82, 2.24) is 5.43 Å². The summed E-state index contributed by atoms with van der Waals surface area (Å²) in [7, 11) is 0. The Balaban J connectivity index is 2.13. The molecule has 0 aromatic heterocycles. The molecule has 0 aromatic carbocycles. The van der Waals surface area contributed by atoms with Crippen molar-refractivity contribution in [2.75, 3.05) is 6.54 Å². The molecule has 1 heterocycles. The third kappa shape index (κ3) is 1.95. The summed E-state index contributed by atoms with van der Waals surface area (Å²) in [6.45, 7) is 2.88. The third-order valence-electron chi connectivity index (χ3n) is 1.72. The van der Waals surface area contributed by atoms with Gasteiger partial charge in [-0.2, -0.15) is 5.11 Å². The van der Waals surface area contributed by atoms with Gasteiger partial charge in [0.2, 0.25) is 0 Å². The molecule has 0 bridgehead atoms. The van der Waals surface area contributed by atoms with E-state index < -0.39 is 0 Å². The first-order valence-corrected chi connectivity index (χ1v) is 3.70. The highest BCUT2D eigenvalue weighted by atomic mass is 15.5. The monoisotopic (exact) mass is 142 g/mol. The summed E-state index contributed by atoms with van der Waals surface area (Å²) >= 11 is 0. The topological polar surface area (TPSA) is 62.8 Å². The van der Waals surface area contributed by atoms with Crippen LogP contribution in [0.5, 0.6) is 0 Å². The number of rotatable bonds is 3. The summed E-state index contributed by atoms with van der Waals surface area (Å²) in [6, 6.07) is 0.677. The molecular formula is C6H14N4. The molecule has 0 saturated heterocycles. The van der Waals surface area contributed by atoms with E-state index in [0.717, 1.165) is 19.4 Å². The van der Waals surface area contributed by atoms with E-state index in [1.165, 1.54) is 0 Å². The molecule has 3 N–H and O–H groups in total. The first-order valence-electron chi connectivity index (χ1n) is 3.70. The van der Waals surface area contributed by atoms with Gasteiger partial charge in [0.1, 0.15) is 0 Å². The number of hydrogen-bond acceptors (Lipinski definition) is 4. The molecule has 0 aromatic rings. The standard InChI is InChI=1S/C6H14N4/c1-2-5(7)3-6-4-8-10-9-6/h5-6H,2-4,7H2,1H3,(H,8,9)/t5-,6?/m0/s1. The van der Waals surface area contributed by atoms with Crippen LogP contribution >= 0.6 is 0 Å². The smallest absolute Gasteiger partial charge is 0.0839 e. The zero-order chi connectivity index (χ0) is 7.40. The first kappa shape index (κ1) is 7.47. The van der Waals surface area contributed by atoms with Gasteiger partial charge in [-0.1, -0.05) is 12.1 Å². The lowest BCUT2D eigenvalue weighted by molar-refractivity contribution is 0.482. The van der Waals surface area contributed by atoms with Crippen molar-refractivity contribution in [2.45, 2.75) is 31.8 Å². The molecule has 2 atom stereocenters. The van der Waals surface area contributed by atoms with E-state index in [2.05, 4.69) is 22.7 Å². The van der Waals surface area contributed by atoms with E-state index in [9.17, 15) is 0 Å². The van der Waals surface area contributed by atoms with Crippen molar-refractivity contribution < 1.29 is 0 Å². The highest BCUT2D eigenvalue weighted by Crippen LogP contribution is 2.04. The van der Waals surface area contributed by atoms with Gasteiger partial charge >= 0.3 is 0 Å². The molecule has 0 radical (unpaired) electrons. The predicted octanol–water partition coefficient (Wildman–Crippen LogP) is 0.453. The molecule has 0 spiro atoms. The number of hydrogen-bond donors (Lipinski definition) is 2. The second-order valence-corrected chi connectivity index (χ2v) is 2.65. The minimum atomic E-state index is 0.293. The van der Waals surface area contributed by atoms with E-state index in [1.807, 2.05) is 0 Å². The molecule has 10 heavy (non-hydrogen) atoms. The maximum absolute atomic E-state index is 5.73. The van der Waals surface area contributed by atoms with Crippen molar-refractivity contribution in [3.63, 3.8) is 0 Å². The molecule has 0 aliphatic carbocycles. The molecule has 1 rings (SSSR count). The fourth-order valence-corrected chi connectivity index (χ4v) is 0.962. The molecule has 1 aliphatic heterocycles. The molecule has 0 saturated carbocycles. The predicted molar refractivity (Wildman–Crippen MR) is 39.5 cm³/mol. The van der Waals surface area contributed by atoms with Gasteiger partial charge in [-0.05, 0) is 12.8 Å². The van der Waals surface area contributed by atoms with Gasteiger partial charge in [-0.3, -0.25) is 5.43 Å². The van der Waals surface area contributed by atoms with Crippen LogP contribution in [0, 0.1) is 0 Å². The Labute approximate surface area is 60.9 Å². The molecule has 1 aliphatic rings. The highest BCUT2D eigenvalue weighted by molar-refractivity contribution is 4.75. The molecule has 1 unspecified atom stereocenters. The van der Waals surface area contributed by atoms with E-state index in [-0.39, 0.29) is 0 Å². The summed E-state index contributed by atoms with van der Waals surface area (Å²) < 4.78 is 0. The van der Waals surface area contributed by atoms with Crippen LogP contribution in [0.25, 0.3) is 0 Å². The molecule has 4 nitrogen and oxygen atoms in total. The van der Waals surface area contributed by atoms with Crippen LogP contribution < -0.4 is 11.2 Å². The van der Waals surface area contributed by atoms with Gasteiger partial charge in [-0.25, -0.2) is 0 Å². The van der Waals surface area contributed by atoms with E-state index in [1.54, 1.807) is 0 Å². The lowest BCUT2D eigenvalue weighted by atomic mass is 10.1.